The molecule has 3 atom stereocenters. The van der Waals surface area contributed by atoms with Gasteiger partial charge in [-0.2, -0.15) is 45.3 Å². The maximum atomic E-state index is 16.0. The average molecular weight is 1120 g/mol. The van der Waals surface area contributed by atoms with Gasteiger partial charge >= 0.3 is 20.2 Å². The molecule has 3 N–H and O–H groups in total. The summed E-state index contributed by atoms with van der Waals surface area (Å²) in [5.74, 6) is -11.8. The SMILES string of the molecule is CC(C)(CCc1ccc(-c2ccc(Cl)c3c(N(CCOP(=O)(O)O)S(C)(=O)=O)nn(CC(F)(F)F)c23)c([C@H](Cc2cc(F)cc(F)c2)NC(=O)Cn2nc(C(F)(F)F)c3c2C(F)(F)[C@@H]2C=C=C[C@H]32)n1)S(C)(=O)=O. The van der Waals surface area contributed by atoms with E-state index in [-0.39, 0.29) is 45.6 Å². The highest BCUT2D eigenvalue weighted by Gasteiger charge is 2.60. The first-order valence-corrected chi connectivity index (χ1v) is 27.0. The highest BCUT2D eigenvalue weighted by atomic mass is 35.5. The number of nitrogens with one attached hydrogen (secondary N) is 1. The molecule has 3 aromatic heterocycles. The number of aryl methyl sites for hydroxylation is 1. The fraction of sp³-hybridized carbons (Fsp3) is 0.419. The molecule has 5 aromatic rings. The lowest BCUT2D eigenvalue weighted by atomic mass is 9.93. The summed E-state index contributed by atoms with van der Waals surface area (Å²) in [4.78, 5) is 37.5. The maximum absolute atomic E-state index is 16.0. The van der Waals surface area contributed by atoms with Crippen LogP contribution in [0.3, 0.4) is 0 Å². The Morgan fingerprint density at radius 2 is 1.62 bits per heavy atom. The quantitative estimate of drug-likeness (QED) is 0.0432. The summed E-state index contributed by atoms with van der Waals surface area (Å²) in [6, 6.07) is 5.13. The molecule has 3 heterocycles. The number of pyridine rings is 1. The number of sulfone groups is 1. The molecule has 0 spiro atoms. The molecule has 2 aliphatic rings. The number of phosphoric ester groups is 1. The predicted molar refractivity (Wildman–Crippen MR) is 242 cm³/mol. The zero-order valence-electron chi connectivity index (χ0n) is 38.2. The Bertz CT molecular complexity index is 3350. The number of nitrogens with zero attached hydrogens (tertiary/aromatic N) is 6. The first-order chi connectivity index (χ1) is 33.5. The number of fused-ring (bicyclic) bond motifs is 4. The lowest BCUT2D eigenvalue weighted by Gasteiger charge is -2.25. The number of hydrogen-bond donors (Lipinski definition) is 3. The van der Waals surface area contributed by atoms with Gasteiger partial charge in [0.2, 0.25) is 15.9 Å². The molecule has 7 rings (SSSR count). The van der Waals surface area contributed by atoms with Gasteiger partial charge in [0.15, 0.2) is 21.3 Å². The number of benzene rings is 2. The van der Waals surface area contributed by atoms with E-state index in [0.717, 1.165) is 42.7 Å². The molecule has 16 nitrogen and oxygen atoms in total. The van der Waals surface area contributed by atoms with Crippen LogP contribution in [0.25, 0.3) is 22.0 Å². The Morgan fingerprint density at radius 1 is 0.973 bits per heavy atom. The van der Waals surface area contributed by atoms with Crippen molar-refractivity contribution in [1.82, 2.24) is 29.9 Å². The Hall–Kier alpha value is -5.34. The molecule has 2 aliphatic carbocycles. The number of carbonyl (C=O) groups is 1. The molecule has 0 bridgehead atoms. The maximum Gasteiger partial charge on any atom is 0.469 e. The summed E-state index contributed by atoms with van der Waals surface area (Å²) in [7, 11) is -13.6. The van der Waals surface area contributed by atoms with Crippen molar-refractivity contribution in [2.75, 3.05) is 30.0 Å². The van der Waals surface area contributed by atoms with Crippen molar-refractivity contribution < 1.29 is 84.4 Å². The Balaban J connectivity index is 1.46. The van der Waals surface area contributed by atoms with Crippen LogP contribution < -0.4 is 9.62 Å². The third-order valence-corrected chi connectivity index (χ3v) is 16.4. The van der Waals surface area contributed by atoms with Crippen LogP contribution in [-0.4, -0.2) is 93.7 Å². The molecule has 0 unspecified atom stereocenters. The lowest BCUT2D eigenvalue weighted by molar-refractivity contribution is -0.143. The van der Waals surface area contributed by atoms with E-state index in [0.29, 0.717) is 21.3 Å². The van der Waals surface area contributed by atoms with Gasteiger partial charge in [0.25, 0.3) is 5.92 Å². The molecule has 2 aromatic carbocycles. The minimum Gasteiger partial charge on any atom is -0.346 e. The zero-order chi connectivity index (χ0) is 54.2. The molecule has 0 fully saturated rings. The molecule has 0 saturated heterocycles. The van der Waals surface area contributed by atoms with E-state index in [1.807, 2.05) is 0 Å². The predicted octanol–water partition coefficient (Wildman–Crippen LogP) is 8.07. The highest BCUT2D eigenvalue weighted by molar-refractivity contribution is 7.92. The number of phosphoric acid groups is 1. The van der Waals surface area contributed by atoms with Gasteiger partial charge in [-0.25, -0.2) is 34.5 Å². The number of halogens is 11. The molecule has 0 aliphatic heterocycles. The molecule has 396 valence electrons. The third-order valence-electron chi connectivity index (χ3n) is 12.2. The number of allylic oxidation sites excluding steroid dienone is 1. The molecule has 30 heteroatoms. The van der Waals surface area contributed by atoms with Gasteiger partial charge in [-0.1, -0.05) is 23.7 Å². The number of aromatic nitrogens is 5. The second-order valence-electron chi connectivity index (χ2n) is 17.9. The Morgan fingerprint density at radius 3 is 2.21 bits per heavy atom. The van der Waals surface area contributed by atoms with Crippen LogP contribution in [0.15, 0.2) is 60.3 Å². The number of alkyl halides is 8. The van der Waals surface area contributed by atoms with E-state index in [2.05, 4.69) is 30.8 Å². The minimum absolute atomic E-state index is 0.0372. The van der Waals surface area contributed by atoms with Crippen molar-refractivity contribution in [3.8, 4) is 11.1 Å². The van der Waals surface area contributed by atoms with Crippen LogP contribution in [0.2, 0.25) is 5.02 Å². The molecule has 0 radical (unpaired) electrons. The van der Waals surface area contributed by atoms with E-state index in [1.165, 1.54) is 26.0 Å². The van der Waals surface area contributed by atoms with Crippen LogP contribution in [0.5, 0.6) is 0 Å². The number of hydrogen-bond acceptors (Lipinski definition) is 10. The number of sulfonamides is 1. The molecular weight excluding hydrogens is 1080 g/mol. The number of carbonyl (C=O) groups excluding carboxylic acids is 1. The van der Waals surface area contributed by atoms with Crippen molar-refractivity contribution in [2.24, 2.45) is 5.92 Å². The Labute approximate surface area is 413 Å². The fourth-order valence-corrected chi connectivity index (χ4v) is 10.5. The summed E-state index contributed by atoms with van der Waals surface area (Å²) >= 11 is 6.62. The lowest BCUT2D eigenvalue weighted by Crippen LogP contribution is -2.35. The third kappa shape index (κ3) is 11.8. The first kappa shape index (κ1) is 55.4. The van der Waals surface area contributed by atoms with Crippen molar-refractivity contribution in [2.45, 2.75) is 81.2 Å². The second-order valence-corrected chi connectivity index (χ2v) is 24.1. The van der Waals surface area contributed by atoms with Crippen molar-refractivity contribution in [3.05, 3.63) is 111 Å². The molecule has 1 amide bonds. The van der Waals surface area contributed by atoms with E-state index in [9.17, 15) is 71.1 Å². The van der Waals surface area contributed by atoms with E-state index in [1.54, 1.807) is 0 Å². The summed E-state index contributed by atoms with van der Waals surface area (Å²) in [6.07, 6.45) is -7.94. The monoisotopic (exact) mass is 1120 g/mol. The van der Waals surface area contributed by atoms with Crippen molar-refractivity contribution >= 4 is 61.9 Å². The topological polar surface area (TPSA) is 216 Å². The van der Waals surface area contributed by atoms with Gasteiger partial charge in [0.1, 0.15) is 30.4 Å². The van der Waals surface area contributed by atoms with Crippen LogP contribution >= 0.6 is 19.4 Å². The Kier molecular flexibility index (Phi) is 14.7. The van der Waals surface area contributed by atoms with Gasteiger partial charge in [-0.05, 0) is 75.1 Å². The highest BCUT2D eigenvalue weighted by Crippen LogP contribution is 2.58. The average Bonchev–Trinajstić information content (AvgIpc) is 4.00. The molecule has 73 heavy (non-hydrogen) atoms. The number of anilines is 1. The standard InChI is InChI=1S/C43H41ClF10N7O9PS2/c1-40(2,72(3,66)67)13-12-25-8-9-26(27-10-11-30(44)34-36(27)60(21-41(47,48)49)58-39(34)61(73(4,68)69)14-15-70-71(63,64)65)35(55-25)31(18-22-16-23(45)19-24(46)17-22)56-32(62)20-59-38-33(37(57-59)43(52,53)54)28-6-5-7-29(28)42(38,50)51/h6-11,16-17,19,28-29,31H,12-15,18,20-21H2,1-4H3,(H,56,62)(H2,63,64,65)/t28-,29+,31-/m0/s1. The van der Waals surface area contributed by atoms with Crippen LogP contribution in [0.1, 0.15) is 66.1 Å². The summed E-state index contributed by atoms with van der Waals surface area (Å²) in [6.45, 7) is -2.46. The van der Waals surface area contributed by atoms with Crippen LogP contribution in [0.4, 0.5) is 49.7 Å². The van der Waals surface area contributed by atoms with Gasteiger partial charge in [0.05, 0.1) is 57.7 Å². The van der Waals surface area contributed by atoms with E-state index < -0.39 is 157 Å². The normalized spacial score (nSPS) is 17.3. The first-order valence-electron chi connectivity index (χ1n) is 21.3. The smallest absolute Gasteiger partial charge is 0.346 e. The largest absolute Gasteiger partial charge is 0.469 e. The van der Waals surface area contributed by atoms with Crippen LogP contribution in [-0.2, 0) is 71.8 Å². The molecular formula is C43H41ClF10N7O9PS2. The van der Waals surface area contributed by atoms with Crippen molar-refractivity contribution in [1.29, 1.82) is 0 Å². The van der Waals surface area contributed by atoms with Crippen LogP contribution in [0, 0.1) is 17.6 Å². The number of amides is 1. The van der Waals surface area contributed by atoms with E-state index in [4.69, 9.17) is 11.6 Å². The molecule has 0 saturated carbocycles. The van der Waals surface area contributed by atoms with E-state index >= 15 is 8.78 Å². The minimum atomic E-state index is -5.29. The van der Waals surface area contributed by atoms with Gasteiger partial charge < -0.3 is 15.1 Å². The summed E-state index contributed by atoms with van der Waals surface area (Å²) in [5, 5.41) is 8.87. The zero-order valence-corrected chi connectivity index (χ0v) is 41.5. The van der Waals surface area contributed by atoms with Crippen molar-refractivity contribution in [3.63, 3.8) is 0 Å². The van der Waals surface area contributed by atoms with Gasteiger partial charge in [-0.3, -0.25) is 23.7 Å². The number of rotatable bonds is 18. The fourth-order valence-electron chi connectivity index (χ4n) is 8.62. The summed E-state index contributed by atoms with van der Waals surface area (Å²) in [5.41, 5.74) is -3.17. The van der Waals surface area contributed by atoms with Gasteiger partial charge in [-0.15, -0.1) is 5.73 Å². The van der Waals surface area contributed by atoms with Gasteiger partial charge in [0, 0.05) is 40.6 Å². The summed E-state index contributed by atoms with van der Waals surface area (Å²) < 4.78 is 216. The second kappa shape index (κ2) is 19.4.